The van der Waals surface area contributed by atoms with Gasteiger partial charge in [0.25, 0.3) is 5.91 Å². The standard InChI is InChI=1S/C15H13ClFNO4S/c16-12-4-1-5-13(17)14(12)15(19)18-7-11(8-18)23(20,21)9-10-3-2-6-22-10/h1-6,11H,7-9H2. The lowest BCUT2D eigenvalue weighted by Gasteiger charge is -2.38. The number of hydrogen-bond acceptors (Lipinski definition) is 4. The van der Waals surface area contributed by atoms with Gasteiger partial charge in [-0.15, -0.1) is 0 Å². The van der Waals surface area contributed by atoms with Crippen molar-refractivity contribution in [1.29, 1.82) is 0 Å². The number of rotatable bonds is 4. The van der Waals surface area contributed by atoms with Gasteiger partial charge in [-0.2, -0.15) is 0 Å². The topological polar surface area (TPSA) is 67.6 Å². The molecule has 0 radical (unpaired) electrons. The van der Waals surface area contributed by atoms with Gasteiger partial charge in [-0.05, 0) is 24.3 Å². The Morgan fingerprint density at radius 1 is 1.30 bits per heavy atom. The molecule has 2 heterocycles. The molecule has 1 aliphatic heterocycles. The summed E-state index contributed by atoms with van der Waals surface area (Å²) in [6.45, 7) is 0.0408. The zero-order chi connectivity index (χ0) is 16.6. The summed E-state index contributed by atoms with van der Waals surface area (Å²) in [5, 5.41) is -0.668. The van der Waals surface area contributed by atoms with Gasteiger partial charge in [0.15, 0.2) is 9.84 Å². The lowest BCUT2D eigenvalue weighted by molar-refractivity contribution is 0.0654. The Balaban J connectivity index is 1.68. The van der Waals surface area contributed by atoms with Crippen LogP contribution < -0.4 is 0 Å². The second-order valence-electron chi connectivity index (χ2n) is 5.32. The van der Waals surface area contributed by atoms with Gasteiger partial charge in [-0.25, -0.2) is 12.8 Å². The molecular formula is C15H13ClFNO4S. The maximum absolute atomic E-state index is 13.7. The average Bonchev–Trinajstić information content (AvgIpc) is 2.88. The normalized spacial score (nSPS) is 15.5. The summed E-state index contributed by atoms with van der Waals surface area (Å²) in [4.78, 5) is 13.5. The number of amides is 1. The van der Waals surface area contributed by atoms with Gasteiger partial charge < -0.3 is 9.32 Å². The molecule has 1 aromatic carbocycles. The summed E-state index contributed by atoms with van der Waals surface area (Å²) in [6.07, 6.45) is 1.40. The lowest BCUT2D eigenvalue weighted by Crippen LogP contribution is -2.57. The Hall–Kier alpha value is -1.86. The predicted octanol–water partition coefficient (Wildman–Crippen LogP) is 2.51. The first-order chi connectivity index (χ1) is 10.9. The smallest absolute Gasteiger partial charge is 0.258 e. The highest BCUT2D eigenvalue weighted by Crippen LogP contribution is 2.26. The first kappa shape index (κ1) is 16.0. The number of furan rings is 1. The minimum Gasteiger partial charge on any atom is -0.468 e. The summed E-state index contributed by atoms with van der Waals surface area (Å²) >= 11 is 5.85. The van der Waals surface area contributed by atoms with E-state index in [4.69, 9.17) is 16.0 Å². The highest BCUT2D eigenvalue weighted by atomic mass is 35.5. The fraction of sp³-hybridized carbons (Fsp3) is 0.267. The molecule has 23 heavy (non-hydrogen) atoms. The van der Waals surface area contributed by atoms with E-state index in [0.29, 0.717) is 5.76 Å². The molecule has 8 heteroatoms. The molecule has 1 aliphatic rings. The van der Waals surface area contributed by atoms with Gasteiger partial charge in [0.05, 0.1) is 22.1 Å². The number of carbonyl (C=O) groups excluding carboxylic acids is 1. The lowest BCUT2D eigenvalue weighted by atomic mass is 10.1. The van der Waals surface area contributed by atoms with Crippen molar-refractivity contribution in [2.75, 3.05) is 13.1 Å². The zero-order valence-electron chi connectivity index (χ0n) is 11.9. The van der Waals surface area contributed by atoms with Gasteiger partial charge in [0.1, 0.15) is 17.3 Å². The van der Waals surface area contributed by atoms with E-state index in [0.717, 1.165) is 6.07 Å². The van der Waals surface area contributed by atoms with Gasteiger partial charge in [-0.1, -0.05) is 17.7 Å². The van der Waals surface area contributed by atoms with Gasteiger partial charge in [0, 0.05) is 13.1 Å². The van der Waals surface area contributed by atoms with Crippen LogP contribution in [-0.2, 0) is 15.6 Å². The molecule has 0 saturated carbocycles. The molecular weight excluding hydrogens is 345 g/mol. The molecule has 122 valence electrons. The van der Waals surface area contributed by atoms with Crippen LogP contribution >= 0.6 is 11.6 Å². The molecule has 0 spiro atoms. The predicted molar refractivity (Wildman–Crippen MR) is 82.4 cm³/mol. The van der Waals surface area contributed by atoms with Crippen LogP contribution in [0.2, 0.25) is 5.02 Å². The summed E-state index contributed by atoms with van der Waals surface area (Å²) in [7, 11) is -3.43. The summed E-state index contributed by atoms with van der Waals surface area (Å²) in [5.41, 5.74) is -0.226. The van der Waals surface area contributed by atoms with Crippen molar-refractivity contribution in [2.45, 2.75) is 11.0 Å². The molecule has 0 aliphatic carbocycles. The molecule has 3 rings (SSSR count). The number of sulfone groups is 1. The minimum atomic E-state index is -3.43. The molecule has 1 saturated heterocycles. The van der Waals surface area contributed by atoms with Crippen LogP contribution in [0.4, 0.5) is 4.39 Å². The Bertz CT molecular complexity index is 809. The Labute approximate surface area is 137 Å². The molecule has 0 N–H and O–H groups in total. The average molecular weight is 358 g/mol. The van der Waals surface area contributed by atoms with Gasteiger partial charge in [0.2, 0.25) is 0 Å². The van der Waals surface area contributed by atoms with E-state index >= 15 is 0 Å². The second kappa shape index (κ2) is 5.98. The molecule has 0 atom stereocenters. The third-order valence-electron chi connectivity index (χ3n) is 3.74. The van der Waals surface area contributed by atoms with Crippen molar-refractivity contribution in [3.8, 4) is 0 Å². The van der Waals surface area contributed by atoms with Crippen LogP contribution in [0.25, 0.3) is 0 Å². The van der Waals surface area contributed by atoms with Crippen LogP contribution in [0.1, 0.15) is 16.1 Å². The van der Waals surface area contributed by atoms with Crippen LogP contribution in [0, 0.1) is 5.82 Å². The fourth-order valence-corrected chi connectivity index (χ4v) is 4.26. The van der Waals surface area contributed by atoms with Crippen LogP contribution in [0.15, 0.2) is 41.0 Å². The van der Waals surface area contributed by atoms with E-state index in [1.54, 1.807) is 12.1 Å². The maximum atomic E-state index is 13.7. The van der Waals surface area contributed by atoms with Crippen molar-refractivity contribution in [3.63, 3.8) is 0 Å². The number of hydrogen-bond donors (Lipinski definition) is 0. The number of halogens is 2. The van der Waals surface area contributed by atoms with Crippen molar-refractivity contribution in [1.82, 2.24) is 4.90 Å². The zero-order valence-corrected chi connectivity index (χ0v) is 13.5. The number of carbonyl (C=O) groups is 1. The third kappa shape index (κ3) is 3.11. The third-order valence-corrected chi connectivity index (χ3v) is 6.06. The molecule has 5 nitrogen and oxygen atoms in total. The van der Waals surface area contributed by atoms with E-state index in [9.17, 15) is 17.6 Å². The van der Waals surface area contributed by atoms with E-state index in [1.165, 1.54) is 23.3 Å². The second-order valence-corrected chi connectivity index (χ2v) is 8.00. The maximum Gasteiger partial charge on any atom is 0.258 e. The largest absolute Gasteiger partial charge is 0.468 e. The number of nitrogens with zero attached hydrogens (tertiary/aromatic N) is 1. The van der Waals surface area contributed by atoms with Crippen molar-refractivity contribution >= 4 is 27.3 Å². The fourth-order valence-electron chi connectivity index (χ4n) is 2.40. The Kier molecular flexibility index (Phi) is 4.16. The minimum absolute atomic E-state index is 0.0110. The Morgan fingerprint density at radius 3 is 2.65 bits per heavy atom. The van der Waals surface area contributed by atoms with Gasteiger partial charge >= 0.3 is 0 Å². The molecule has 0 unspecified atom stereocenters. The van der Waals surface area contributed by atoms with E-state index in [-0.39, 0.29) is 29.4 Å². The first-order valence-corrected chi connectivity index (χ1v) is 8.95. The van der Waals surface area contributed by atoms with Crippen molar-refractivity contribution in [2.24, 2.45) is 0 Å². The van der Waals surface area contributed by atoms with E-state index in [2.05, 4.69) is 0 Å². The highest BCUT2D eigenvalue weighted by molar-refractivity contribution is 7.91. The first-order valence-electron chi connectivity index (χ1n) is 6.86. The molecule has 1 aromatic heterocycles. The van der Waals surface area contributed by atoms with Crippen molar-refractivity contribution < 1.29 is 22.0 Å². The van der Waals surface area contributed by atoms with Crippen molar-refractivity contribution in [3.05, 3.63) is 58.8 Å². The quantitative estimate of drug-likeness (QED) is 0.843. The van der Waals surface area contributed by atoms with Crippen LogP contribution in [0.3, 0.4) is 0 Å². The molecule has 1 fully saturated rings. The summed E-state index contributed by atoms with van der Waals surface area (Å²) in [5.74, 6) is -1.18. The van der Waals surface area contributed by atoms with Gasteiger partial charge in [-0.3, -0.25) is 4.79 Å². The monoisotopic (exact) mass is 357 g/mol. The molecule has 1 amide bonds. The Morgan fingerprint density at radius 2 is 2.04 bits per heavy atom. The van der Waals surface area contributed by atoms with Crippen LogP contribution in [0.5, 0.6) is 0 Å². The molecule has 2 aromatic rings. The summed E-state index contributed by atoms with van der Waals surface area (Å²) < 4.78 is 43.2. The van der Waals surface area contributed by atoms with E-state index in [1.807, 2.05) is 0 Å². The summed E-state index contributed by atoms with van der Waals surface area (Å²) in [6, 6.07) is 7.16. The van der Waals surface area contributed by atoms with Crippen LogP contribution in [-0.4, -0.2) is 37.6 Å². The SMILES string of the molecule is O=C(c1c(F)cccc1Cl)N1CC(S(=O)(=O)Cc2ccco2)C1. The molecule has 0 bridgehead atoms. The number of benzene rings is 1. The highest BCUT2D eigenvalue weighted by Gasteiger charge is 2.41. The van der Waals surface area contributed by atoms with E-state index < -0.39 is 26.8 Å². The number of likely N-dealkylation sites (tertiary alicyclic amines) is 1.